The summed E-state index contributed by atoms with van der Waals surface area (Å²) in [7, 11) is 0. The minimum absolute atomic E-state index is 0. The third-order valence-electron chi connectivity index (χ3n) is 8.31. The van der Waals surface area contributed by atoms with Gasteiger partial charge in [-0.05, 0) is 23.6 Å². The minimum atomic E-state index is 0. The molecule has 0 aliphatic heterocycles. The maximum atomic E-state index is 3.39. The van der Waals surface area contributed by atoms with E-state index in [1.807, 2.05) is 12.2 Å². The number of hydrogen-bond acceptors (Lipinski definition) is 0. The van der Waals surface area contributed by atoms with Crippen LogP contribution in [-0.4, -0.2) is 3.21 Å². The zero-order valence-corrected chi connectivity index (χ0v) is 29.4. The van der Waals surface area contributed by atoms with Gasteiger partial charge in [-0.25, -0.2) is 0 Å². The van der Waals surface area contributed by atoms with Crippen molar-refractivity contribution in [3.05, 3.63) is 140 Å². The molecule has 4 aliphatic rings. The molecule has 3 heteroatoms. The number of benzene rings is 4. The standard InChI is InChI=1S/2C17H11.C7H14.2ClH.Zr/c2*1-3-8-14-12(6-1)13-7-2-4-9-15(13)17-11-5-10-16(14)17;1-3-5-7-6-4-2;;;/h2*1-8,10H,9H2;3-6H2,1-2H3;2*1H;/q2*-1;;;;+2/p-2. The van der Waals surface area contributed by atoms with Gasteiger partial charge in [-0.15, -0.1) is 44.8 Å². The summed E-state index contributed by atoms with van der Waals surface area (Å²) in [4.78, 5) is 0. The van der Waals surface area contributed by atoms with E-state index in [0.717, 1.165) is 12.8 Å². The molecule has 0 nitrogen and oxygen atoms in total. The van der Waals surface area contributed by atoms with Gasteiger partial charge in [0.25, 0.3) is 0 Å². The van der Waals surface area contributed by atoms with Crippen LogP contribution < -0.4 is 45.7 Å². The molecule has 0 heterocycles. The van der Waals surface area contributed by atoms with E-state index < -0.39 is 0 Å². The predicted octanol–water partition coefficient (Wildman–Crippen LogP) is 0.782. The average Bonchev–Trinajstić information content (AvgIpc) is 3.74. The number of hydrogen-bond donors (Lipinski definition) is 0. The van der Waals surface area contributed by atoms with Crippen LogP contribution in [-0.2, 0) is 37.1 Å². The van der Waals surface area contributed by atoms with Gasteiger partial charge in [0.15, 0.2) is 0 Å². The molecule has 0 saturated heterocycles. The summed E-state index contributed by atoms with van der Waals surface area (Å²) in [5.41, 5.74) is 5.43. The third-order valence-corrected chi connectivity index (χ3v) is 9.54. The van der Waals surface area contributed by atoms with E-state index in [4.69, 9.17) is 0 Å². The number of rotatable bonds is 4. The van der Waals surface area contributed by atoms with E-state index in [0.29, 0.717) is 0 Å². The van der Waals surface area contributed by atoms with Crippen molar-refractivity contribution < 1.29 is 49.0 Å². The molecule has 0 N–H and O–H groups in total. The van der Waals surface area contributed by atoms with Crippen LogP contribution >= 0.6 is 0 Å². The Balaban J connectivity index is 0.000000158. The maximum Gasteiger partial charge on any atom is -0.0296 e. The zero-order chi connectivity index (χ0) is 28.9. The normalized spacial score (nSPS) is 13.5. The van der Waals surface area contributed by atoms with Crippen LogP contribution in [0.15, 0.2) is 85.0 Å². The van der Waals surface area contributed by atoms with Gasteiger partial charge in [0.1, 0.15) is 0 Å². The molecule has 4 aromatic carbocycles. The third kappa shape index (κ3) is 6.87. The first kappa shape index (κ1) is 34.1. The van der Waals surface area contributed by atoms with Gasteiger partial charge in [-0.1, -0.05) is 106 Å². The maximum absolute atomic E-state index is 3.39. The monoisotopic (exact) mass is 688 g/mol. The topological polar surface area (TPSA) is 0 Å². The molecule has 0 bridgehead atoms. The van der Waals surface area contributed by atoms with E-state index >= 15 is 0 Å². The summed E-state index contributed by atoms with van der Waals surface area (Å²) in [6.07, 6.45) is 35.8. The van der Waals surface area contributed by atoms with Crippen LogP contribution in [0.2, 0.25) is 0 Å². The van der Waals surface area contributed by atoms with E-state index in [2.05, 4.69) is 123 Å². The van der Waals surface area contributed by atoms with Gasteiger partial charge in [-0.3, -0.25) is 0 Å². The van der Waals surface area contributed by atoms with Crippen molar-refractivity contribution >= 4 is 49.1 Å². The van der Waals surface area contributed by atoms with Crippen molar-refractivity contribution in [3.8, 4) is 0 Å². The zero-order valence-electron chi connectivity index (χ0n) is 25.4. The van der Waals surface area contributed by atoms with Gasteiger partial charge in [0.2, 0.25) is 0 Å². The van der Waals surface area contributed by atoms with Gasteiger partial charge in [0.05, 0.1) is 0 Å². The van der Waals surface area contributed by atoms with Crippen LogP contribution in [0, 0.1) is 12.2 Å². The van der Waals surface area contributed by atoms with E-state index in [-0.39, 0.29) is 24.8 Å². The Bertz CT molecular complexity index is 1920. The fourth-order valence-electron chi connectivity index (χ4n) is 6.42. The molecule has 0 fully saturated rings. The summed E-state index contributed by atoms with van der Waals surface area (Å²) in [5.74, 6) is 0. The fraction of sp³-hybridized carbons (Fsp3) is 0.195. The molecule has 0 saturated carbocycles. The quantitative estimate of drug-likeness (QED) is 0.278. The first-order valence-electron chi connectivity index (χ1n) is 15.3. The van der Waals surface area contributed by atoms with E-state index in [1.165, 1.54) is 90.4 Å². The molecule has 4 aromatic rings. The molecule has 4 aliphatic carbocycles. The molecule has 0 amide bonds. The summed E-state index contributed by atoms with van der Waals surface area (Å²) in [6, 6.07) is 17.3. The summed E-state index contributed by atoms with van der Waals surface area (Å²) in [6.45, 7) is 4.50. The Hall–Kier alpha value is -2.83. The van der Waals surface area contributed by atoms with Crippen molar-refractivity contribution in [1.82, 2.24) is 0 Å². The van der Waals surface area contributed by atoms with Gasteiger partial charge in [-0.2, -0.15) is 24.3 Å². The Kier molecular flexibility index (Phi) is 12.3. The van der Waals surface area contributed by atoms with Crippen LogP contribution in [0.4, 0.5) is 0 Å². The minimum Gasteiger partial charge on any atom is -1.00 e. The second-order valence-corrected chi connectivity index (χ2v) is 12.8. The van der Waals surface area contributed by atoms with Crippen molar-refractivity contribution in [3.63, 3.8) is 0 Å². The smallest absolute Gasteiger partial charge is 0.0296 e. The number of halogens is 2. The Morgan fingerprint density at radius 2 is 0.977 bits per heavy atom. The second kappa shape index (κ2) is 15.9. The van der Waals surface area contributed by atoms with E-state index in [1.54, 1.807) is 27.4 Å². The van der Waals surface area contributed by atoms with Crippen LogP contribution in [0.1, 0.15) is 61.8 Å². The molecule has 0 aromatic heterocycles. The molecule has 0 radical (unpaired) electrons. The molecular formula is C41H36Cl2Zr-2. The van der Waals surface area contributed by atoms with Crippen molar-refractivity contribution in [1.29, 1.82) is 0 Å². The first-order valence-corrected chi connectivity index (χ1v) is 16.5. The second-order valence-electron chi connectivity index (χ2n) is 11.1. The van der Waals surface area contributed by atoms with Crippen LogP contribution in [0.5, 0.6) is 0 Å². The fourth-order valence-corrected chi connectivity index (χ4v) is 7.65. The first-order chi connectivity index (χ1) is 20.7. The SMILES string of the molecule is CCC[C](=[Zr+2])CCC.[C-]1=CC=c2c1c1c(c3ccccc23)=CC=CC1.[C-]1=CC=c2c1c1c(c3ccccc23)=CC=CC1.[Cl-].[Cl-]. The molecule has 0 unspecified atom stereocenters. The Labute approximate surface area is 288 Å². The van der Waals surface area contributed by atoms with Crippen molar-refractivity contribution in [2.45, 2.75) is 52.4 Å². The summed E-state index contributed by atoms with van der Waals surface area (Å²) < 4.78 is 1.75. The Morgan fingerprint density at radius 1 is 0.591 bits per heavy atom. The molecule has 44 heavy (non-hydrogen) atoms. The van der Waals surface area contributed by atoms with Crippen molar-refractivity contribution in [2.75, 3.05) is 0 Å². The Morgan fingerprint density at radius 3 is 1.36 bits per heavy atom. The number of allylic oxidation sites excluding steroid dienone is 6. The molecule has 0 spiro atoms. The largest absolute Gasteiger partial charge is 1.00 e. The number of fused-ring (bicyclic) bond motifs is 12. The van der Waals surface area contributed by atoms with Gasteiger partial charge in [0, 0.05) is 0 Å². The van der Waals surface area contributed by atoms with Gasteiger partial charge >= 0.3 is 67.0 Å². The van der Waals surface area contributed by atoms with Crippen LogP contribution in [0.3, 0.4) is 0 Å². The summed E-state index contributed by atoms with van der Waals surface area (Å²) >= 11 is 1.65. The molecular weight excluding hydrogens is 655 g/mol. The molecule has 0 atom stereocenters. The van der Waals surface area contributed by atoms with Gasteiger partial charge < -0.3 is 24.8 Å². The molecule has 8 rings (SSSR count). The average molecular weight is 691 g/mol. The predicted molar refractivity (Wildman–Crippen MR) is 179 cm³/mol. The van der Waals surface area contributed by atoms with E-state index in [9.17, 15) is 0 Å². The molecule has 220 valence electrons. The van der Waals surface area contributed by atoms with Crippen molar-refractivity contribution in [2.24, 2.45) is 0 Å². The summed E-state index contributed by atoms with van der Waals surface area (Å²) in [5, 5.41) is 10.8. The van der Waals surface area contributed by atoms with Crippen LogP contribution in [0.25, 0.3) is 45.8 Å².